The summed E-state index contributed by atoms with van der Waals surface area (Å²) in [6.07, 6.45) is 2.96. The highest BCUT2D eigenvalue weighted by Gasteiger charge is 2.27. The minimum Gasteiger partial charge on any atom is -0.481 e. The van der Waals surface area contributed by atoms with Crippen LogP contribution in [0, 0.1) is 5.92 Å². The molecule has 1 unspecified atom stereocenters. The molecule has 7 heteroatoms. The van der Waals surface area contributed by atoms with Crippen LogP contribution >= 0.6 is 0 Å². The molecule has 0 radical (unpaired) electrons. The zero-order chi connectivity index (χ0) is 19.1. The molecule has 1 aromatic carbocycles. The Kier molecular flexibility index (Phi) is 6.25. The van der Waals surface area contributed by atoms with Crippen molar-refractivity contribution in [3.05, 3.63) is 59.8 Å². The van der Waals surface area contributed by atoms with Crippen molar-refractivity contribution in [2.45, 2.75) is 26.0 Å². The van der Waals surface area contributed by atoms with E-state index in [9.17, 15) is 9.59 Å². The van der Waals surface area contributed by atoms with Gasteiger partial charge >= 0.3 is 12.0 Å². The summed E-state index contributed by atoms with van der Waals surface area (Å²) < 4.78 is 5.70. The molecule has 1 atom stereocenters. The summed E-state index contributed by atoms with van der Waals surface area (Å²) in [5.41, 5.74) is 1.92. The van der Waals surface area contributed by atoms with Crippen molar-refractivity contribution in [2.24, 2.45) is 5.92 Å². The van der Waals surface area contributed by atoms with Crippen molar-refractivity contribution in [3.63, 3.8) is 0 Å². The van der Waals surface area contributed by atoms with Crippen LogP contribution in [0.25, 0.3) is 0 Å². The molecule has 0 spiro atoms. The van der Waals surface area contributed by atoms with Crippen LogP contribution in [-0.2, 0) is 17.9 Å². The van der Waals surface area contributed by atoms with Crippen molar-refractivity contribution < 1.29 is 19.4 Å². The number of carboxylic acid groups (broad SMARTS) is 1. The van der Waals surface area contributed by atoms with Crippen LogP contribution in [0.5, 0.6) is 5.88 Å². The predicted octanol–water partition coefficient (Wildman–Crippen LogP) is 2.67. The number of carbonyl (C=O) groups is 2. The maximum absolute atomic E-state index is 12.3. The summed E-state index contributed by atoms with van der Waals surface area (Å²) in [7, 11) is 0. The molecule has 0 saturated carbocycles. The van der Waals surface area contributed by atoms with Gasteiger partial charge in [-0.1, -0.05) is 30.3 Å². The number of nitrogens with one attached hydrogen (secondary N) is 1. The number of urea groups is 1. The van der Waals surface area contributed by atoms with Gasteiger partial charge in [0.15, 0.2) is 0 Å². The third kappa shape index (κ3) is 5.44. The fraction of sp³-hybridized carbons (Fsp3) is 0.350. The summed E-state index contributed by atoms with van der Waals surface area (Å²) in [4.78, 5) is 29.2. The first-order valence-electron chi connectivity index (χ1n) is 8.99. The molecule has 0 aliphatic carbocycles. The smallest absolute Gasteiger partial charge is 0.317 e. The largest absolute Gasteiger partial charge is 0.481 e. The zero-order valence-corrected chi connectivity index (χ0v) is 15.0. The van der Waals surface area contributed by atoms with Gasteiger partial charge in [0.05, 0.1) is 5.92 Å². The Labute approximate surface area is 158 Å². The molecule has 2 amide bonds. The first-order valence-corrected chi connectivity index (χ1v) is 8.99. The van der Waals surface area contributed by atoms with Crippen LogP contribution in [0.2, 0.25) is 0 Å². The van der Waals surface area contributed by atoms with E-state index < -0.39 is 11.9 Å². The molecule has 1 aliphatic heterocycles. The number of carbonyl (C=O) groups excluding carboxylic acids is 1. The lowest BCUT2D eigenvalue weighted by Gasteiger charge is -2.30. The van der Waals surface area contributed by atoms with Crippen molar-refractivity contribution in [2.75, 3.05) is 13.1 Å². The number of ether oxygens (including phenoxy) is 1. The van der Waals surface area contributed by atoms with Gasteiger partial charge in [0.1, 0.15) is 6.61 Å². The highest BCUT2D eigenvalue weighted by Crippen LogP contribution is 2.17. The topological polar surface area (TPSA) is 91.8 Å². The number of hydrogen-bond acceptors (Lipinski definition) is 4. The second-order valence-electron chi connectivity index (χ2n) is 6.56. The van der Waals surface area contributed by atoms with E-state index >= 15 is 0 Å². The van der Waals surface area contributed by atoms with Crippen molar-refractivity contribution in [3.8, 4) is 5.88 Å². The maximum Gasteiger partial charge on any atom is 0.317 e. The van der Waals surface area contributed by atoms with Gasteiger partial charge in [-0.15, -0.1) is 0 Å². The molecule has 2 heterocycles. The number of nitrogens with zero attached hydrogens (tertiary/aromatic N) is 2. The van der Waals surface area contributed by atoms with Crippen LogP contribution < -0.4 is 10.1 Å². The number of piperidine rings is 1. The Morgan fingerprint density at radius 2 is 2.04 bits per heavy atom. The molecule has 142 valence electrons. The van der Waals surface area contributed by atoms with E-state index in [1.165, 1.54) is 0 Å². The van der Waals surface area contributed by atoms with Crippen LogP contribution in [0.4, 0.5) is 4.79 Å². The van der Waals surface area contributed by atoms with E-state index in [1.54, 1.807) is 17.2 Å². The molecule has 7 nitrogen and oxygen atoms in total. The normalized spacial score (nSPS) is 16.6. The molecule has 2 N–H and O–H groups in total. The molecule has 27 heavy (non-hydrogen) atoms. The average molecular weight is 369 g/mol. The van der Waals surface area contributed by atoms with Gasteiger partial charge in [0.2, 0.25) is 5.88 Å². The minimum absolute atomic E-state index is 0.246. The molecule has 1 aromatic heterocycles. The molecule has 3 rings (SSSR count). The fourth-order valence-corrected chi connectivity index (χ4v) is 3.02. The number of aliphatic carboxylic acids is 1. The Balaban J connectivity index is 1.50. The Morgan fingerprint density at radius 1 is 1.22 bits per heavy atom. The molecular weight excluding hydrogens is 346 g/mol. The van der Waals surface area contributed by atoms with E-state index in [0.29, 0.717) is 38.4 Å². The lowest BCUT2D eigenvalue weighted by atomic mass is 9.99. The van der Waals surface area contributed by atoms with Crippen LogP contribution in [-0.4, -0.2) is 40.1 Å². The molecular formula is C20H23N3O4. The summed E-state index contributed by atoms with van der Waals surface area (Å²) in [6, 6.07) is 13.2. The number of benzene rings is 1. The Hall–Kier alpha value is -3.09. The Bertz CT molecular complexity index is 782. The van der Waals surface area contributed by atoms with Gasteiger partial charge in [0, 0.05) is 31.9 Å². The second-order valence-corrected chi connectivity index (χ2v) is 6.56. The third-order valence-corrected chi connectivity index (χ3v) is 4.53. The van der Waals surface area contributed by atoms with Crippen LogP contribution in [0.3, 0.4) is 0 Å². The van der Waals surface area contributed by atoms with Gasteiger partial charge in [-0.25, -0.2) is 9.78 Å². The standard InChI is InChI=1S/C20H23N3O4/c24-19(25)17-7-4-10-23(13-17)20(26)22-12-16-8-9-21-18(11-16)27-14-15-5-2-1-3-6-15/h1-3,5-6,8-9,11,17H,4,7,10,12-14H2,(H,22,26)(H,24,25). The number of hydrogen-bond donors (Lipinski definition) is 2. The molecule has 0 bridgehead atoms. The van der Waals surface area contributed by atoms with Crippen molar-refractivity contribution in [1.82, 2.24) is 15.2 Å². The van der Waals surface area contributed by atoms with Gasteiger partial charge in [-0.2, -0.15) is 0 Å². The lowest BCUT2D eigenvalue weighted by Crippen LogP contribution is -2.46. The van der Waals surface area contributed by atoms with Crippen LogP contribution in [0.1, 0.15) is 24.0 Å². The number of aromatic nitrogens is 1. The zero-order valence-electron chi connectivity index (χ0n) is 15.0. The maximum atomic E-state index is 12.3. The molecule has 2 aromatic rings. The summed E-state index contributed by atoms with van der Waals surface area (Å²) in [5, 5.41) is 12.0. The Morgan fingerprint density at radius 3 is 2.81 bits per heavy atom. The van der Waals surface area contributed by atoms with Gasteiger partial charge in [0.25, 0.3) is 0 Å². The number of carboxylic acids is 1. The predicted molar refractivity (Wildman–Crippen MR) is 99.2 cm³/mol. The third-order valence-electron chi connectivity index (χ3n) is 4.53. The number of likely N-dealkylation sites (tertiary alicyclic amines) is 1. The van der Waals surface area contributed by atoms with Gasteiger partial charge < -0.3 is 20.1 Å². The van der Waals surface area contributed by atoms with E-state index in [0.717, 1.165) is 11.1 Å². The molecule has 1 aliphatic rings. The second kappa shape index (κ2) is 9.02. The molecule has 1 saturated heterocycles. The quantitative estimate of drug-likeness (QED) is 0.817. The van der Waals surface area contributed by atoms with E-state index in [4.69, 9.17) is 9.84 Å². The number of pyridine rings is 1. The minimum atomic E-state index is -0.846. The van der Waals surface area contributed by atoms with Crippen LogP contribution in [0.15, 0.2) is 48.7 Å². The van der Waals surface area contributed by atoms with E-state index in [-0.39, 0.29) is 12.6 Å². The summed E-state index contributed by atoms with van der Waals surface area (Å²) >= 11 is 0. The average Bonchev–Trinajstić information content (AvgIpc) is 2.71. The highest BCUT2D eigenvalue weighted by molar-refractivity contribution is 5.76. The number of amides is 2. The van der Waals surface area contributed by atoms with Crippen molar-refractivity contribution >= 4 is 12.0 Å². The highest BCUT2D eigenvalue weighted by atomic mass is 16.5. The van der Waals surface area contributed by atoms with Gasteiger partial charge in [-0.3, -0.25) is 4.79 Å². The van der Waals surface area contributed by atoms with E-state index in [1.807, 2.05) is 36.4 Å². The molecule has 1 fully saturated rings. The first-order chi connectivity index (χ1) is 13.1. The van der Waals surface area contributed by atoms with Gasteiger partial charge in [-0.05, 0) is 30.0 Å². The summed E-state index contributed by atoms with van der Waals surface area (Å²) in [5.74, 6) is -0.834. The van der Waals surface area contributed by atoms with Crippen molar-refractivity contribution in [1.29, 1.82) is 0 Å². The monoisotopic (exact) mass is 369 g/mol. The van der Waals surface area contributed by atoms with E-state index in [2.05, 4.69) is 10.3 Å². The number of rotatable bonds is 6. The lowest BCUT2D eigenvalue weighted by molar-refractivity contribution is -0.143. The summed E-state index contributed by atoms with van der Waals surface area (Å²) in [6.45, 7) is 1.59. The fourth-order valence-electron chi connectivity index (χ4n) is 3.02. The SMILES string of the molecule is O=C(O)C1CCCN(C(=O)NCc2ccnc(OCc3ccccc3)c2)C1. The first kappa shape index (κ1) is 18.7.